The Hall–Kier alpha value is -0.320. The fraction of sp³-hybridized carbons (Fsp3) is 1.00. The molecule has 0 saturated heterocycles. The van der Waals surface area contributed by atoms with E-state index in [1.807, 2.05) is 0 Å². The molecule has 0 saturated carbocycles. The molecule has 0 heterocycles. The zero-order valence-electron chi connectivity index (χ0n) is 16.3. The van der Waals surface area contributed by atoms with Crippen molar-refractivity contribution in [3.63, 3.8) is 0 Å². The van der Waals surface area contributed by atoms with Gasteiger partial charge in [0.15, 0.2) is 0 Å². The average Bonchev–Trinajstić information content (AvgIpc) is 2.63. The van der Waals surface area contributed by atoms with Crippen molar-refractivity contribution in [3.05, 3.63) is 0 Å². The summed E-state index contributed by atoms with van der Waals surface area (Å²) in [6, 6.07) is 0. The van der Waals surface area contributed by atoms with Gasteiger partial charge in [0.1, 0.15) is 0 Å². The summed E-state index contributed by atoms with van der Waals surface area (Å²) in [4.78, 5) is 0. The topological polar surface area (TPSA) is 118 Å². The highest BCUT2D eigenvalue weighted by molar-refractivity contribution is 4.79. The summed E-state index contributed by atoms with van der Waals surface area (Å²) in [6.07, 6.45) is 0. The molecule has 4 N–H and O–H groups in total. The Bertz CT molecular complexity index is 225. The van der Waals surface area contributed by atoms with Gasteiger partial charge >= 0.3 is 0 Å². The second kappa shape index (κ2) is 14.6. The van der Waals surface area contributed by atoms with Gasteiger partial charge in [0, 0.05) is 0 Å². The van der Waals surface area contributed by atoms with Crippen LogP contribution in [0.3, 0.4) is 0 Å². The van der Waals surface area contributed by atoms with E-state index >= 15 is 0 Å². The Morgan fingerprint density at radius 2 is 0.857 bits per heavy atom. The molecule has 0 bridgehead atoms. The molecule has 0 aromatic carbocycles. The maximum Gasteiger partial charge on any atom is 0.210 e. The zero-order chi connectivity index (χ0) is 18.6. The number of aliphatic hydroxyl groups excluding tert-OH is 4. The molecule has 0 aliphatic carbocycles. The zero-order valence-corrected chi connectivity index (χ0v) is 12.3. The van der Waals surface area contributed by atoms with Crippen LogP contribution in [0.4, 0.5) is 0 Å². The molecule has 0 atom stereocenters. The van der Waals surface area contributed by atoms with Crippen LogP contribution >= 0.6 is 0 Å². The monoisotopic (exact) mass is 320 g/mol. The summed E-state index contributed by atoms with van der Waals surface area (Å²) >= 11 is 0. The smallest absolute Gasteiger partial charge is 0.210 e. The van der Waals surface area contributed by atoms with Crippen LogP contribution in [0.15, 0.2) is 0 Å². The minimum absolute atomic E-state index is 0.130. The van der Waals surface area contributed by atoms with Gasteiger partial charge in [0.25, 0.3) is 0 Å². The molecule has 0 unspecified atom stereocenters. The highest BCUT2D eigenvalue weighted by Gasteiger charge is 2.32. The Balaban J connectivity index is 4.62. The highest BCUT2D eigenvalue weighted by atomic mass is 16.5. The Kier molecular flexibility index (Phi) is 9.94. The normalized spacial score (nSPS) is 14.5. The number of ether oxygens (including phenoxy) is 4. The van der Waals surface area contributed by atoms with Crippen molar-refractivity contribution in [1.29, 1.82) is 5.72 Å². The van der Waals surface area contributed by atoms with E-state index in [4.69, 9.17) is 24.7 Å². The highest BCUT2D eigenvalue weighted by Crippen LogP contribution is 2.20. The van der Waals surface area contributed by atoms with Crippen molar-refractivity contribution in [2.24, 2.45) is 5.41 Å². The Labute approximate surface area is 131 Å². The summed E-state index contributed by atoms with van der Waals surface area (Å²) < 4.78 is 48.7. The molecule has 0 aliphatic rings. The van der Waals surface area contributed by atoms with Crippen molar-refractivity contribution in [3.8, 4) is 0 Å². The molecule has 0 spiro atoms. The first kappa shape index (κ1) is 14.3. The summed E-state index contributed by atoms with van der Waals surface area (Å²) in [6.45, 7) is 2.33. The first-order valence-corrected chi connectivity index (χ1v) is 6.88. The molecule has 0 radical (unpaired) electrons. The first-order chi connectivity index (χ1) is 12.2. The number of aliphatic hydroxyl groups is 4. The Morgan fingerprint density at radius 1 is 0.571 bits per heavy atom. The molecule has 8 nitrogen and oxygen atoms in total. The van der Waals surface area contributed by atoms with Crippen LogP contribution in [0, 0.1) is 5.41 Å². The number of rotatable bonds is 20. The third-order valence-electron chi connectivity index (χ3n) is 2.54. The molecule has 0 rings (SSSR count). The maximum absolute atomic E-state index is 6.66. The van der Waals surface area contributed by atoms with Gasteiger partial charge in [-0.15, -0.1) is 0 Å². The van der Waals surface area contributed by atoms with Crippen molar-refractivity contribution in [2.75, 3.05) is 79.3 Å². The van der Waals surface area contributed by atoms with Crippen LogP contribution < -0.4 is 0 Å². The quantitative estimate of drug-likeness (QED) is 0.190. The molecular formula is C13H28O8. The van der Waals surface area contributed by atoms with Crippen molar-refractivity contribution < 1.29 is 39.4 Å². The molecule has 0 amide bonds. The van der Waals surface area contributed by atoms with Gasteiger partial charge in [-0.1, -0.05) is 0 Å². The fourth-order valence-corrected chi connectivity index (χ4v) is 1.64. The molecule has 0 fully saturated rings. The van der Waals surface area contributed by atoms with E-state index in [-0.39, 0.29) is 79.3 Å². The molecule has 0 aromatic rings. The van der Waals surface area contributed by atoms with Gasteiger partial charge in [0.05, 0.1) is 84.7 Å². The van der Waals surface area contributed by atoms with E-state index in [1.165, 1.54) is 0 Å². The van der Waals surface area contributed by atoms with Gasteiger partial charge in [-0.3, -0.25) is 0 Å². The molecular weight excluding hydrogens is 284 g/mol. The average molecular weight is 320 g/mol. The van der Waals surface area contributed by atoms with Gasteiger partial charge in [0.2, 0.25) is 5.72 Å². The van der Waals surface area contributed by atoms with Crippen LogP contribution in [0.5, 0.6) is 0 Å². The lowest BCUT2D eigenvalue weighted by Crippen LogP contribution is -2.42. The summed E-state index contributed by atoms with van der Waals surface area (Å²) in [5.74, 6) is 0. The lowest BCUT2D eigenvalue weighted by Gasteiger charge is -2.32. The van der Waals surface area contributed by atoms with Crippen molar-refractivity contribution in [1.82, 2.24) is 0 Å². The van der Waals surface area contributed by atoms with Crippen LogP contribution in [-0.2, 0) is 18.9 Å². The molecule has 0 aromatic heterocycles. The van der Waals surface area contributed by atoms with E-state index in [1.54, 1.807) is 0 Å². The largest absolute Gasteiger partial charge is 0.394 e. The minimum Gasteiger partial charge on any atom is -0.394 e. The summed E-state index contributed by atoms with van der Waals surface area (Å²) in [5, 5.41) is 16.9. The second-order valence-electron chi connectivity index (χ2n) is 4.53. The van der Waals surface area contributed by atoms with E-state index < -0.39 is 5.41 Å². The van der Waals surface area contributed by atoms with Crippen molar-refractivity contribution >= 4 is 0 Å². The van der Waals surface area contributed by atoms with Crippen LogP contribution in [0.25, 0.3) is 0 Å². The fourth-order valence-electron chi connectivity index (χ4n) is 1.64. The maximum atomic E-state index is 6.66. The van der Waals surface area contributed by atoms with E-state index in [0.29, 0.717) is 0 Å². The van der Waals surface area contributed by atoms with Crippen LogP contribution in [-0.4, -0.2) is 105 Å². The predicted molar refractivity (Wildman–Crippen MR) is 74.1 cm³/mol. The van der Waals surface area contributed by atoms with E-state index in [9.17, 15) is 0 Å². The lowest BCUT2D eigenvalue weighted by molar-refractivity contribution is -0.115. The summed E-state index contributed by atoms with van der Waals surface area (Å²) in [5.41, 5.74) is -0.659. The minimum atomic E-state index is -0.659. The number of hydrogen-bond donors (Lipinski definition) is 4. The molecule has 21 heavy (non-hydrogen) atoms. The first-order valence-electron chi connectivity index (χ1n) is 8.51. The van der Waals surface area contributed by atoms with Crippen molar-refractivity contribution in [2.45, 2.75) is 0 Å². The SMILES string of the molecule is [3H]OCCOCC(COCCO[3H])(COCCO[3H])COCCO[3H]. The van der Waals surface area contributed by atoms with E-state index in [2.05, 4.69) is 20.4 Å². The van der Waals surface area contributed by atoms with E-state index in [0.717, 1.165) is 0 Å². The third-order valence-corrected chi connectivity index (χ3v) is 2.54. The molecule has 0 aliphatic heterocycles. The second-order valence-corrected chi connectivity index (χ2v) is 4.53. The van der Waals surface area contributed by atoms with Gasteiger partial charge in [-0.25, -0.2) is 0 Å². The van der Waals surface area contributed by atoms with Gasteiger partial charge in [-0.2, -0.15) is 0 Å². The predicted octanol–water partition coefficient (Wildman–Crippen LogP) is -1.99. The standard InChI is InChI=1S/C13H28O8/c14-1-5-18-9-13(10-19-6-2-15,11-20-7-3-16)12-21-8-4-17/h14-17H,1-12H2/i14T,15T,16T,17T. The molecule has 8 heteroatoms. The summed E-state index contributed by atoms with van der Waals surface area (Å²) in [7, 11) is 0. The van der Waals surface area contributed by atoms with Crippen LogP contribution in [0.1, 0.15) is 0 Å². The van der Waals surface area contributed by atoms with Crippen LogP contribution in [0.2, 0.25) is 0 Å². The third kappa shape index (κ3) is 11.0. The Morgan fingerprint density at radius 3 is 1.10 bits per heavy atom. The number of hydrogen-bond acceptors (Lipinski definition) is 8. The van der Waals surface area contributed by atoms with Gasteiger partial charge < -0.3 is 39.4 Å². The lowest BCUT2D eigenvalue weighted by atomic mass is 9.92. The van der Waals surface area contributed by atoms with Gasteiger partial charge in [-0.05, 0) is 0 Å². The molecule has 128 valence electrons.